The van der Waals surface area contributed by atoms with Gasteiger partial charge in [0.15, 0.2) is 0 Å². The Labute approximate surface area is 111 Å². The van der Waals surface area contributed by atoms with Gasteiger partial charge in [0.1, 0.15) is 18.2 Å². The lowest BCUT2D eigenvalue weighted by Gasteiger charge is -2.11. The molecule has 1 atom stereocenters. The minimum atomic E-state index is -0.571. The first-order valence-electron chi connectivity index (χ1n) is 6.09. The molecule has 1 unspecified atom stereocenters. The van der Waals surface area contributed by atoms with Gasteiger partial charge >= 0.3 is 0 Å². The molecule has 2 rings (SSSR count). The summed E-state index contributed by atoms with van der Waals surface area (Å²) in [6.07, 6.45) is 4.40. The molecule has 0 spiro atoms. The largest absolute Gasteiger partial charge is 0.467 e. The number of hydrogen-bond acceptors (Lipinski definition) is 6. The van der Waals surface area contributed by atoms with Crippen LogP contribution in [0.2, 0.25) is 0 Å². The predicted molar refractivity (Wildman–Crippen MR) is 68.1 cm³/mol. The third-order valence-corrected chi connectivity index (χ3v) is 2.42. The fraction of sp³-hybridized carbons (Fsp3) is 0.385. The lowest BCUT2D eigenvalue weighted by molar-refractivity contribution is 0.0225. The molecular formula is C13H17N3O3. The lowest BCUT2D eigenvalue weighted by atomic mass is 10.3. The number of rotatable bonds is 8. The van der Waals surface area contributed by atoms with Gasteiger partial charge in [0, 0.05) is 18.9 Å². The van der Waals surface area contributed by atoms with Crippen molar-refractivity contribution in [1.29, 1.82) is 0 Å². The molecule has 6 heteroatoms. The van der Waals surface area contributed by atoms with Crippen LogP contribution < -0.4 is 5.32 Å². The molecule has 6 nitrogen and oxygen atoms in total. The Morgan fingerprint density at radius 2 is 2.16 bits per heavy atom. The Bertz CT molecular complexity index is 447. The number of aliphatic hydroxyl groups excluding tert-OH is 1. The van der Waals surface area contributed by atoms with Crippen LogP contribution in [-0.2, 0) is 17.9 Å². The molecule has 19 heavy (non-hydrogen) atoms. The maximum Gasteiger partial charge on any atom is 0.141 e. The summed E-state index contributed by atoms with van der Waals surface area (Å²) in [6, 6.07) is 5.40. The summed E-state index contributed by atoms with van der Waals surface area (Å²) < 4.78 is 10.4. The van der Waals surface area contributed by atoms with Gasteiger partial charge in [-0.05, 0) is 18.2 Å². The SMILES string of the molecule is OC(CNCc1ncccn1)COCc1ccco1. The summed E-state index contributed by atoms with van der Waals surface area (Å²) in [5.41, 5.74) is 0. The summed E-state index contributed by atoms with van der Waals surface area (Å²) in [5.74, 6) is 1.45. The Morgan fingerprint density at radius 3 is 2.89 bits per heavy atom. The highest BCUT2D eigenvalue weighted by molar-refractivity contribution is 4.96. The molecule has 0 radical (unpaired) electrons. The summed E-state index contributed by atoms with van der Waals surface area (Å²) >= 11 is 0. The molecular weight excluding hydrogens is 246 g/mol. The van der Waals surface area contributed by atoms with Gasteiger partial charge in [0.25, 0.3) is 0 Å². The van der Waals surface area contributed by atoms with E-state index < -0.39 is 6.10 Å². The van der Waals surface area contributed by atoms with Crippen molar-refractivity contribution in [2.45, 2.75) is 19.3 Å². The average Bonchev–Trinajstić information content (AvgIpc) is 2.93. The highest BCUT2D eigenvalue weighted by Gasteiger charge is 2.05. The maximum atomic E-state index is 9.70. The van der Waals surface area contributed by atoms with Crippen LogP contribution in [0.4, 0.5) is 0 Å². The predicted octanol–water partition coefficient (Wildman–Crippen LogP) is 0.737. The van der Waals surface area contributed by atoms with Crippen LogP contribution >= 0.6 is 0 Å². The average molecular weight is 263 g/mol. The van der Waals surface area contributed by atoms with Crippen LogP contribution in [0.15, 0.2) is 41.3 Å². The summed E-state index contributed by atoms with van der Waals surface area (Å²) in [4.78, 5) is 8.15. The van der Waals surface area contributed by atoms with Gasteiger partial charge in [-0.15, -0.1) is 0 Å². The maximum absolute atomic E-state index is 9.70. The van der Waals surface area contributed by atoms with E-state index in [4.69, 9.17) is 9.15 Å². The van der Waals surface area contributed by atoms with E-state index in [0.717, 1.165) is 5.76 Å². The monoisotopic (exact) mass is 263 g/mol. The normalized spacial score (nSPS) is 12.5. The third kappa shape index (κ3) is 5.17. The van der Waals surface area contributed by atoms with Crippen LogP contribution in [-0.4, -0.2) is 34.3 Å². The second kappa shape index (κ2) is 7.63. The van der Waals surface area contributed by atoms with Crippen molar-refractivity contribution < 1.29 is 14.3 Å². The van der Waals surface area contributed by atoms with Gasteiger partial charge in [-0.3, -0.25) is 0 Å². The van der Waals surface area contributed by atoms with Gasteiger partial charge in [-0.2, -0.15) is 0 Å². The molecule has 2 aromatic rings. The second-order valence-electron chi connectivity index (χ2n) is 4.04. The first-order chi connectivity index (χ1) is 9.34. The van der Waals surface area contributed by atoms with Crippen LogP contribution in [0.1, 0.15) is 11.6 Å². The minimum absolute atomic E-state index is 0.253. The molecule has 0 bridgehead atoms. The highest BCUT2D eigenvalue weighted by atomic mass is 16.5. The molecule has 0 saturated carbocycles. The molecule has 0 aromatic carbocycles. The number of hydrogen-bond donors (Lipinski definition) is 2. The van der Waals surface area contributed by atoms with E-state index in [-0.39, 0.29) is 6.61 Å². The quantitative estimate of drug-likeness (QED) is 0.731. The first kappa shape index (κ1) is 13.7. The van der Waals surface area contributed by atoms with E-state index in [0.29, 0.717) is 25.5 Å². The summed E-state index contributed by atoms with van der Waals surface area (Å²) in [6.45, 7) is 1.57. The lowest BCUT2D eigenvalue weighted by Crippen LogP contribution is -2.30. The van der Waals surface area contributed by atoms with Crippen LogP contribution in [0.3, 0.4) is 0 Å². The number of nitrogens with one attached hydrogen (secondary N) is 1. The van der Waals surface area contributed by atoms with E-state index >= 15 is 0 Å². The van der Waals surface area contributed by atoms with Crippen molar-refractivity contribution in [2.75, 3.05) is 13.2 Å². The van der Waals surface area contributed by atoms with E-state index in [2.05, 4.69) is 15.3 Å². The standard InChI is InChI=1S/C13H17N3O3/c17-11(9-18-10-12-3-1-6-19-12)7-14-8-13-15-4-2-5-16-13/h1-6,11,14,17H,7-10H2. The number of nitrogens with zero attached hydrogens (tertiary/aromatic N) is 2. The molecule has 2 aromatic heterocycles. The number of ether oxygens (including phenoxy) is 1. The van der Waals surface area contributed by atoms with E-state index in [1.165, 1.54) is 0 Å². The van der Waals surface area contributed by atoms with E-state index in [1.54, 1.807) is 30.8 Å². The zero-order valence-electron chi connectivity index (χ0n) is 10.5. The molecule has 2 N–H and O–H groups in total. The van der Waals surface area contributed by atoms with Crippen molar-refractivity contribution in [3.63, 3.8) is 0 Å². The number of aromatic nitrogens is 2. The number of aliphatic hydroxyl groups is 1. The fourth-order valence-electron chi connectivity index (χ4n) is 1.52. The van der Waals surface area contributed by atoms with Crippen molar-refractivity contribution in [2.24, 2.45) is 0 Å². The van der Waals surface area contributed by atoms with E-state index in [1.807, 2.05) is 6.07 Å². The Kier molecular flexibility index (Phi) is 5.49. The Morgan fingerprint density at radius 1 is 1.32 bits per heavy atom. The summed E-state index contributed by atoms with van der Waals surface area (Å²) in [5, 5.41) is 12.8. The molecule has 0 saturated heterocycles. The molecule has 102 valence electrons. The topological polar surface area (TPSA) is 80.4 Å². The van der Waals surface area contributed by atoms with Gasteiger partial charge in [0.2, 0.25) is 0 Å². The van der Waals surface area contributed by atoms with Crippen molar-refractivity contribution in [3.05, 3.63) is 48.4 Å². The first-order valence-corrected chi connectivity index (χ1v) is 6.09. The summed E-state index contributed by atoms with van der Waals surface area (Å²) in [7, 11) is 0. The minimum Gasteiger partial charge on any atom is -0.467 e. The van der Waals surface area contributed by atoms with Crippen LogP contribution in [0.5, 0.6) is 0 Å². The molecule has 0 fully saturated rings. The third-order valence-electron chi connectivity index (χ3n) is 2.42. The molecule has 0 aliphatic rings. The van der Waals surface area contributed by atoms with Gasteiger partial charge in [-0.25, -0.2) is 9.97 Å². The smallest absolute Gasteiger partial charge is 0.141 e. The van der Waals surface area contributed by atoms with Gasteiger partial charge in [-0.1, -0.05) is 0 Å². The molecule has 2 heterocycles. The molecule has 0 amide bonds. The molecule has 0 aliphatic heterocycles. The number of furan rings is 1. The Hall–Kier alpha value is -1.76. The van der Waals surface area contributed by atoms with Crippen LogP contribution in [0.25, 0.3) is 0 Å². The zero-order valence-corrected chi connectivity index (χ0v) is 10.5. The van der Waals surface area contributed by atoms with E-state index in [9.17, 15) is 5.11 Å². The van der Waals surface area contributed by atoms with Crippen molar-refractivity contribution in [3.8, 4) is 0 Å². The molecule has 0 aliphatic carbocycles. The highest BCUT2D eigenvalue weighted by Crippen LogP contribution is 2.01. The fourth-order valence-corrected chi connectivity index (χ4v) is 1.52. The second-order valence-corrected chi connectivity index (χ2v) is 4.04. The zero-order chi connectivity index (χ0) is 13.3. The van der Waals surface area contributed by atoms with Gasteiger partial charge in [0.05, 0.1) is 25.5 Å². The van der Waals surface area contributed by atoms with Crippen molar-refractivity contribution >= 4 is 0 Å². The Balaban J connectivity index is 1.56. The van der Waals surface area contributed by atoms with Crippen LogP contribution in [0, 0.1) is 0 Å². The van der Waals surface area contributed by atoms with Gasteiger partial charge < -0.3 is 19.6 Å². The van der Waals surface area contributed by atoms with Crippen molar-refractivity contribution in [1.82, 2.24) is 15.3 Å².